The van der Waals surface area contributed by atoms with E-state index in [0.29, 0.717) is 21.2 Å². The van der Waals surface area contributed by atoms with Crippen molar-refractivity contribution in [2.75, 3.05) is 6.61 Å². The molecule has 0 bridgehead atoms. The van der Waals surface area contributed by atoms with Gasteiger partial charge in [0.25, 0.3) is 0 Å². The zero-order valence-corrected chi connectivity index (χ0v) is 18.6. The number of nitrogens with zero attached hydrogens (tertiary/aromatic N) is 3. The third-order valence-corrected chi connectivity index (χ3v) is 5.68. The van der Waals surface area contributed by atoms with E-state index in [0.717, 1.165) is 5.56 Å². The minimum atomic E-state index is -4.82. The summed E-state index contributed by atoms with van der Waals surface area (Å²) in [6.45, 7) is 5.60. The summed E-state index contributed by atoms with van der Waals surface area (Å²) in [7, 11) is 0. The number of aromatic nitrogens is 3. The van der Waals surface area contributed by atoms with Gasteiger partial charge in [-0.05, 0) is 58.6 Å². The highest BCUT2D eigenvalue weighted by Gasteiger charge is 2.42. The second-order valence-corrected chi connectivity index (χ2v) is 8.21. The van der Waals surface area contributed by atoms with E-state index in [1.165, 1.54) is 4.40 Å². The van der Waals surface area contributed by atoms with Gasteiger partial charge in [-0.15, -0.1) is 0 Å². The van der Waals surface area contributed by atoms with Crippen molar-refractivity contribution >= 4 is 38.7 Å². The second-order valence-electron chi connectivity index (χ2n) is 7.35. The number of alkyl halides is 3. The number of hydrogen-bond acceptors (Lipinski definition) is 3. The Morgan fingerprint density at radius 2 is 1.84 bits per heavy atom. The average Bonchev–Trinajstić information content (AvgIpc) is 3.23. The van der Waals surface area contributed by atoms with Crippen LogP contribution in [0.3, 0.4) is 0 Å². The number of ether oxygens (including phenoxy) is 1. The maximum absolute atomic E-state index is 13.8. The molecule has 0 radical (unpaired) electrons. The molecule has 9 heteroatoms. The summed E-state index contributed by atoms with van der Waals surface area (Å²) in [5, 5.41) is 0. The van der Waals surface area contributed by atoms with E-state index in [4.69, 9.17) is 4.74 Å². The number of imidazole rings is 2. The van der Waals surface area contributed by atoms with E-state index in [1.54, 1.807) is 35.8 Å². The summed E-state index contributed by atoms with van der Waals surface area (Å²) in [5.74, 6) is -0.806. The number of rotatable bonds is 4. The predicted molar refractivity (Wildman–Crippen MR) is 115 cm³/mol. The fourth-order valence-corrected chi connectivity index (χ4v) is 4.20. The first-order valence-corrected chi connectivity index (χ1v) is 10.5. The molecule has 0 amide bonds. The van der Waals surface area contributed by atoms with Gasteiger partial charge in [-0.3, -0.25) is 8.97 Å². The Morgan fingerprint density at radius 3 is 2.42 bits per heavy atom. The Balaban J connectivity index is 2.13. The monoisotopic (exact) mass is 493 g/mol. The van der Waals surface area contributed by atoms with Crippen molar-refractivity contribution in [1.29, 1.82) is 0 Å². The zero-order chi connectivity index (χ0) is 22.5. The first kappa shape index (κ1) is 21.4. The Kier molecular flexibility index (Phi) is 5.33. The summed E-state index contributed by atoms with van der Waals surface area (Å²) in [5.41, 5.74) is 0.828. The third-order valence-electron chi connectivity index (χ3n) is 5.04. The summed E-state index contributed by atoms with van der Waals surface area (Å²) in [6, 6.07) is 12.6. The molecule has 0 unspecified atom stereocenters. The van der Waals surface area contributed by atoms with Crippen molar-refractivity contribution in [1.82, 2.24) is 14.0 Å². The molecule has 5 nitrogen and oxygen atoms in total. The van der Waals surface area contributed by atoms with Gasteiger partial charge in [0.15, 0.2) is 11.4 Å². The molecular weight excluding hydrogens is 475 g/mol. The fraction of sp³-hybridized carbons (Fsp3) is 0.273. The molecule has 0 saturated heterocycles. The van der Waals surface area contributed by atoms with E-state index in [1.807, 2.05) is 18.2 Å². The lowest BCUT2D eigenvalue weighted by atomic mass is 10.0. The SMILES string of the molecule is CCOC(=O)c1c(C(F)(F)F)nc2n(-c3ccc(C(C)C)cc3Br)c3ccccc3n12. The summed E-state index contributed by atoms with van der Waals surface area (Å²) in [4.78, 5) is 16.4. The van der Waals surface area contributed by atoms with Gasteiger partial charge in [0, 0.05) is 4.47 Å². The standard InChI is InChI=1S/C22H19BrF3N3O2/c1-4-31-20(30)18-19(22(24,25)26)27-21-28(16-7-5-6-8-17(16)29(18)21)15-10-9-13(12(2)3)11-14(15)23/h5-12H,4H2,1-3H3. The molecule has 4 rings (SSSR count). The number of hydrogen-bond donors (Lipinski definition) is 0. The normalized spacial score (nSPS) is 12.3. The smallest absolute Gasteiger partial charge is 0.435 e. The van der Waals surface area contributed by atoms with Gasteiger partial charge in [-0.25, -0.2) is 9.78 Å². The summed E-state index contributed by atoms with van der Waals surface area (Å²) >= 11 is 3.56. The second kappa shape index (κ2) is 7.71. The number of fused-ring (bicyclic) bond motifs is 3. The molecule has 0 aliphatic heterocycles. The highest BCUT2D eigenvalue weighted by Crippen LogP contribution is 2.37. The molecule has 0 spiro atoms. The molecule has 0 aliphatic carbocycles. The van der Waals surface area contributed by atoms with E-state index < -0.39 is 23.5 Å². The van der Waals surface area contributed by atoms with Crippen LogP contribution in [0.5, 0.6) is 0 Å². The lowest BCUT2D eigenvalue weighted by Crippen LogP contribution is -2.16. The topological polar surface area (TPSA) is 48.5 Å². The average molecular weight is 494 g/mol. The zero-order valence-electron chi connectivity index (χ0n) is 17.0. The summed E-state index contributed by atoms with van der Waals surface area (Å²) in [6.07, 6.45) is -4.82. The number of halogens is 4. The van der Waals surface area contributed by atoms with Crippen LogP contribution in [0.1, 0.15) is 48.4 Å². The van der Waals surface area contributed by atoms with Crippen LogP contribution in [0.4, 0.5) is 13.2 Å². The van der Waals surface area contributed by atoms with E-state index >= 15 is 0 Å². The maximum Gasteiger partial charge on any atom is 0.435 e. The van der Waals surface area contributed by atoms with Crippen molar-refractivity contribution in [3.8, 4) is 5.69 Å². The van der Waals surface area contributed by atoms with Crippen LogP contribution in [-0.4, -0.2) is 26.5 Å². The molecule has 0 fully saturated rings. The van der Waals surface area contributed by atoms with Gasteiger partial charge < -0.3 is 4.74 Å². The Morgan fingerprint density at radius 1 is 1.16 bits per heavy atom. The van der Waals surface area contributed by atoms with Crippen LogP contribution in [0.15, 0.2) is 46.9 Å². The van der Waals surface area contributed by atoms with Crippen molar-refractivity contribution < 1.29 is 22.7 Å². The van der Waals surface area contributed by atoms with E-state index in [2.05, 4.69) is 34.8 Å². The third kappa shape index (κ3) is 3.50. The van der Waals surface area contributed by atoms with E-state index in [9.17, 15) is 18.0 Å². The Bertz CT molecular complexity index is 1310. The molecule has 4 aromatic rings. The predicted octanol–water partition coefficient (Wildman–Crippen LogP) is 6.36. The van der Waals surface area contributed by atoms with Crippen molar-refractivity contribution in [2.24, 2.45) is 0 Å². The van der Waals surface area contributed by atoms with Crippen LogP contribution in [-0.2, 0) is 10.9 Å². The van der Waals surface area contributed by atoms with Crippen LogP contribution >= 0.6 is 15.9 Å². The number of para-hydroxylation sites is 2. The lowest BCUT2D eigenvalue weighted by molar-refractivity contribution is -0.141. The highest BCUT2D eigenvalue weighted by molar-refractivity contribution is 9.10. The molecule has 31 heavy (non-hydrogen) atoms. The first-order valence-electron chi connectivity index (χ1n) is 9.71. The molecule has 162 valence electrons. The van der Waals surface area contributed by atoms with Crippen LogP contribution in [0.25, 0.3) is 22.5 Å². The molecule has 0 N–H and O–H groups in total. The van der Waals surface area contributed by atoms with Gasteiger partial charge in [-0.1, -0.05) is 32.0 Å². The molecule has 2 aromatic heterocycles. The lowest BCUT2D eigenvalue weighted by Gasteiger charge is -2.12. The number of carbonyl (C=O) groups excluding carboxylic acids is 1. The quantitative estimate of drug-likeness (QED) is 0.311. The molecule has 2 aromatic carbocycles. The van der Waals surface area contributed by atoms with E-state index in [-0.39, 0.29) is 18.3 Å². The Labute approximate surface area is 184 Å². The van der Waals surface area contributed by atoms with Crippen LogP contribution in [0, 0.1) is 0 Å². The van der Waals surface area contributed by atoms with Gasteiger partial charge in [-0.2, -0.15) is 13.2 Å². The van der Waals surface area contributed by atoms with Crippen molar-refractivity contribution in [3.63, 3.8) is 0 Å². The van der Waals surface area contributed by atoms with Crippen molar-refractivity contribution in [3.05, 3.63) is 63.9 Å². The number of carbonyl (C=O) groups is 1. The molecule has 0 atom stereocenters. The molecule has 2 heterocycles. The largest absolute Gasteiger partial charge is 0.461 e. The summed E-state index contributed by atoms with van der Waals surface area (Å²) < 4.78 is 49.9. The van der Waals surface area contributed by atoms with Crippen LogP contribution < -0.4 is 0 Å². The minimum Gasteiger partial charge on any atom is -0.461 e. The number of benzene rings is 2. The number of esters is 1. The Hall–Kier alpha value is -2.81. The minimum absolute atomic E-state index is 0.0189. The fourth-order valence-electron chi connectivity index (χ4n) is 3.62. The van der Waals surface area contributed by atoms with Crippen LogP contribution in [0.2, 0.25) is 0 Å². The van der Waals surface area contributed by atoms with Crippen molar-refractivity contribution in [2.45, 2.75) is 32.9 Å². The van der Waals surface area contributed by atoms with Gasteiger partial charge in [0.2, 0.25) is 5.78 Å². The molecular formula is C22H19BrF3N3O2. The van der Waals surface area contributed by atoms with Gasteiger partial charge >= 0.3 is 12.1 Å². The van der Waals surface area contributed by atoms with Gasteiger partial charge in [0.1, 0.15) is 0 Å². The van der Waals surface area contributed by atoms with Gasteiger partial charge in [0.05, 0.1) is 23.3 Å². The molecule has 0 saturated carbocycles. The molecule has 0 aliphatic rings. The maximum atomic E-state index is 13.8. The highest BCUT2D eigenvalue weighted by atomic mass is 79.9. The first-order chi connectivity index (χ1) is 14.6.